The SMILES string of the molecule is CCCCOC(=O)N(C[O])c1ccccc1. The van der Waals surface area contributed by atoms with Crippen LogP contribution >= 0.6 is 0 Å². The number of carbonyl (C=O) groups is 1. The van der Waals surface area contributed by atoms with Crippen LogP contribution < -0.4 is 4.90 Å². The van der Waals surface area contributed by atoms with Crippen LogP contribution in [0.25, 0.3) is 0 Å². The molecule has 4 heteroatoms. The zero-order chi connectivity index (χ0) is 11.8. The monoisotopic (exact) mass is 222 g/mol. The predicted octanol–water partition coefficient (Wildman–Crippen LogP) is 2.82. The number of benzene rings is 1. The summed E-state index contributed by atoms with van der Waals surface area (Å²) in [6.45, 7) is 1.74. The number of ether oxygens (including phenoxy) is 1. The third kappa shape index (κ3) is 3.55. The van der Waals surface area contributed by atoms with Crippen LogP contribution in [0.15, 0.2) is 30.3 Å². The molecular weight excluding hydrogens is 206 g/mol. The summed E-state index contributed by atoms with van der Waals surface area (Å²) in [5.74, 6) is 0. The molecule has 0 aliphatic heterocycles. The van der Waals surface area contributed by atoms with Gasteiger partial charge in [-0.25, -0.2) is 9.90 Å². The van der Waals surface area contributed by atoms with Gasteiger partial charge in [0.25, 0.3) is 0 Å². The lowest BCUT2D eigenvalue weighted by Gasteiger charge is -2.18. The quantitative estimate of drug-likeness (QED) is 0.568. The standard InChI is InChI=1S/C12H16NO3/c1-2-3-9-16-12(15)13(10-14)11-7-5-4-6-8-11/h4-8H,2-3,9-10H2,1H3. The number of carbonyl (C=O) groups excluding carboxylic acids is 1. The fourth-order valence-corrected chi connectivity index (χ4v) is 1.22. The first-order valence-corrected chi connectivity index (χ1v) is 5.37. The van der Waals surface area contributed by atoms with Crippen LogP contribution in [0.1, 0.15) is 19.8 Å². The maximum atomic E-state index is 11.6. The summed E-state index contributed by atoms with van der Waals surface area (Å²) >= 11 is 0. The smallest absolute Gasteiger partial charge is 0.416 e. The summed E-state index contributed by atoms with van der Waals surface area (Å²) in [4.78, 5) is 12.6. The van der Waals surface area contributed by atoms with E-state index in [0.717, 1.165) is 17.7 Å². The van der Waals surface area contributed by atoms with Gasteiger partial charge in [-0.2, -0.15) is 0 Å². The largest absolute Gasteiger partial charge is 0.449 e. The lowest BCUT2D eigenvalue weighted by molar-refractivity contribution is 0.132. The lowest BCUT2D eigenvalue weighted by Crippen LogP contribution is -2.32. The van der Waals surface area contributed by atoms with Crippen molar-refractivity contribution in [3.05, 3.63) is 30.3 Å². The van der Waals surface area contributed by atoms with Crippen molar-refractivity contribution in [3.8, 4) is 0 Å². The van der Waals surface area contributed by atoms with Crippen LogP contribution in [0.5, 0.6) is 0 Å². The van der Waals surface area contributed by atoms with E-state index in [9.17, 15) is 9.90 Å². The van der Waals surface area contributed by atoms with E-state index < -0.39 is 12.8 Å². The Hall–Kier alpha value is -1.55. The summed E-state index contributed by atoms with van der Waals surface area (Å²) in [5.41, 5.74) is 0.569. The molecule has 87 valence electrons. The van der Waals surface area contributed by atoms with Gasteiger partial charge in [0, 0.05) is 5.69 Å². The van der Waals surface area contributed by atoms with Crippen molar-refractivity contribution in [3.63, 3.8) is 0 Å². The normalized spacial score (nSPS) is 9.88. The van der Waals surface area contributed by atoms with Crippen molar-refractivity contribution in [2.75, 3.05) is 18.2 Å². The first-order valence-electron chi connectivity index (χ1n) is 5.37. The summed E-state index contributed by atoms with van der Waals surface area (Å²) in [5, 5.41) is 10.9. The summed E-state index contributed by atoms with van der Waals surface area (Å²) in [7, 11) is 0. The van der Waals surface area contributed by atoms with Gasteiger partial charge in [-0.15, -0.1) is 0 Å². The fraction of sp³-hybridized carbons (Fsp3) is 0.417. The molecular formula is C12H16NO3. The molecule has 1 aromatic rings. The molecule has 0 unspecified atom stereocenters. The number of rotatable bonds is 5. The molecule has 1 rings (SSSR count). The van der Waals surface area contributed by atoms with Crippen molar-refractivity contribution < 1.29 is 14.6 Å². The molecule has 0 atom stereocenters. The van der Waals surface area contributed by atoms with Crippen LogP contribution in [0.3, 0.4) is 0 Å². The van der Waals surface area contributed by atoms with E-state index in [1.807, 2.05) is 13.0 Å². The maximum absolute atomic E-state index is 11.6. The molecule has 1 radical (unpaired) electrons. The lowest BCUT2D eigenvalue weighted by atomic mass is 10.3. The Bertz CT molecular complexity index is 313. The molecule has 0 bridgehead atoms. The molecule has 0 saturated heterocycles. The average molecular weight is 222 g/mol. The van der Waals surface area contributed by atoms with Crippen molar-refractivity contribution in [2.24, 2.45) is 0 Å². The molecule has 0 aliphatic rings. The second kappa shape index (κ2) is 6.85. The van der Waals surface area contributed by atoms with E-state index in [1.54, 1.807) is 24.3 Å². The van der Waals surface area contributed by atoms with Crippen molar-refractivity contribution in [2.45, 2.75) is 19.8 Å². The highest BCUT2D eigenvalue weighted by atomic mass is 16.6. The zero-order valence-corrected chi connectivity index (χ0v) is 9.39. The first-order chi connectivity index (χ1) is 7.79. The van der Waals surface area contributed by atoms with Gasteiger partial charge in [0.2, 0.25) is 0 Å². The maximum Gasteiger partial charge on any atom is 0.416 e. The third-order valence-electron chi connectivity index (χ3n) is 2.14. The van der Waals surface area contributed by atoms with Gasteiger partial charge in [-0.3, -0.25) is 4.90 Å². The molecule has 0 N–H and O–H groups in total. The minimum atomic E-state index is -0.630. The minimum Gasteiger partial charge on any atom is -0.449 e. The molecule has 0 heterocycles. The minimum absolute atomic E-state index is 0.360. The summed E-state index contributed by atoms with van der Waals surface area (Å²) < 4.78 is 4.98. The van der Waals surface area contributed by atoms with Crippen LogP contribution in [-0.4, -0.2) is 19.4 Å². The van der Waals surface area contributed by atoms with Gasteiger partial charge < -0.3 is 4.74 Å². The fourth-order valence-electron chi connectivity index (χ4n) is 1.22. The highest BCUT2D eigenvalue weighted by Gasteiger charge is 2.15. The van der Waals surface area contributed by atoms with Crippen LogP contribution in [0.2, 0.25) is 0 Å². The van der Waals surface area contributed by atoms with Gasteiger partial charge in [-0.1, -0.05) is 31.5 Å². The topological polar surface area (TPSA) is 49.4 Å². The molecule has 0 aromatic heterocycles. The number of nitrogens with zero attached hydrogens (tertiary/aromatic N) is 1. The summed E-state index contributed by atoms with van der Waals surface area (Å²) in [6, 6.07) is 8.79. The van der Waals surface area contributed by atoms with Gasteiger partial charge in [-0.05, 0) is 18.6 Å². The van der Waals surface area contributed by atoms with Gasteiger partial charge in [0.05, 0.1) is 6.61 Å². The Labute approximate surface area is 95.5 Å². The van der Waals surface area contributed by atoms with E-state index in [4.69, 9.17) is 4.74 Å². The number of para-hydroxylation sites is 1. The molecule has 1 aromatic carbocycles. The Morgan fingerprint density at radius 3 is 2.56 bits per heavy atom. The highest BCUT2D eigenvalue weighted by molar-refractivity contribution is 5.87. The molecule has 1 amide bonds. The molecule has 0 aliphatic carbocycles. The number of anilines is 1. The van der Waals surface area contributed by atoms with Crippen molar-refractivity contribution in [1.82, 2.24) is 0 Å². The van der Waals surface area contributed by atoms with Crippen LogP contribution in [0.4, 0.5) is 10.5 Å². The van der Waals surface area contributed by atoms with Gasteiger partial charge >= 0.3 is 6.09 Å². The molecule has 0 spiro atoms. The number of amides is 1. The van der Waals surface area contributed by atoms with Gasteiger partial charge in [0.15, 0.2) is 6.73 Å². The van der Waals surface area contributed by atoms with Crippen molar-refractivity contribution in [1.29, 1.82) is 0 Å². The van der Waals surface area contributed by atoms with E-state index in [0.29, 0.717) is 12.3 Å². The van der Waals surface area contributed by atoms with Crippen LogP contribution in [0, 0.1) is 0 Å². The molecule has 0 saturated carbocycles. The number of unbranched alkanes of at least 4 members (excludes halogenated alkanes) is 1. The highest BCUT2D eigenvalue weighted by Crippen LogP contribution is 2.13. The average Bonchev–Trinajstić information content (AvgIpc) is 2.32. The second-order valence-corrected chi connectivity index (χ2v) is 3.36. The number of hydrogen-bond donors (Lipinski definition) is 0. The van der Waals surface area contributed by atoms with E-state index >= 15 is 0 Å². The Balaban J connectivity index is 2.57. The Morgan fingerprint density at radius 1 is 1.31 bits per heavy atom. The zero-order valence-electron chi connectivity index (χ0n) is 9.39. The first kappa shape index (κ1) is 12.5. The Kier molecular flexibility index (Phi) is 5.36. The predicted molar refractivity (Wildman–Crippen MR) is 60.7 cm³/mol. The van der Waals surface area contributed by atoms with E-state index in [2.05, 4.69) is 0 Å². The van der Waals surface area contributed by atoms with Gasteiger partial charge in [0.1, 0.15) is 0 Å². The molecule has 4 nitrogen and oxygen atoms in total. The summed E-state index contributed by atoms with van der Waals surface area (Å²) in [6.07, 6.45) is 1.19. The number of hydrogen-bond acceptors (Lipinski definition) is 2. The van der Waals surface area contributed by atoms with E-state index in [1.165, 1.54) is 0 Å². The molecule has 0 fully saturated rings. The molecule has 16 heavy (non-hydrogen) atoms. The second-order valence-electron chi connectivity index (χ2n) is 3.36. The third-order valence-corrected chi connectivity index (χ3v) is 2.14. The van der Waals surface area contributed by atoms with Crippen molar-refractivity contribution >= 4 is 11.8 Å². The van der Waals surface area contributed by atoms with E-state index in [-0.39, 0.29) is 0 Å². The van der Waals surface area contributed by atoms with Crippen LogP contribution in [-0.2, 0) is 9.84 Å². The Morgan fingerprint density at radius 2 is 2.00 bits per heavy atom.